The maximum atomic E-state index is 11.9. The van der Waals surface area contributed by atoms with E-state index < -0.39 is 5.91 Å². The summed E-state index contributed by atoms with van der Waals surface area (Å²) >= 11 is 2.84. The third kappa shape index (κ3) is 4.35. The maximum Gasteiger partial charge on any atom is 0.269 e. The molecule has 2 N–H and O–H groups in total. The first-order chi connectivity index (χ1) is 12.2. The van der Waals surface area contributed by atoms with Crippen LogP contribution in [-0.4, -0.2) is 22.6 Å². The van der Waals surface area contributed by atoms with Crippen molar-refractivity contribution in [1.82, 2.24) is 15.8 Å². The van der Waals surface area contributed by atoms with Gasteiger partial charge in [-0.3, -0.25) is 20.4 Å². The zero-order chi connectivity index (χ0) is 17.6. The standard InChI is InChI=1S/C17H12N4O2S2/c18-9-11-5-7-12(8-6-11)16(23)21-20-15(22)10-24-17-19-13-3-1-2-4-14(13)25-17/h1-8H,10H2,(H,20,22)(H,21,23). The Hall–Kier alpha value is -2.89. The highest BCUT2D eigenvalue weighted by Crippen LogP contribution is 2.28. The fourth-order valence-corrected chi connectivity index (χ4v) is 3.84. The molecule has 25 heavy (non-hydrogen) atoms. The lowest BCUT2D eigenvalue weighted by Gasteiger charge is -2.06. The summed E-state index contributed by atoms with van der Waals surface area (Å²) in [6.45, 7) is 0. The molecule has 0 fully saturated rings. The fourth-order valence-electron chi connectivity index (χ4n) is 1.97. The van der Waals surface area contributed by atoms with Crippen molar-refractivity contribution in [3.8, 4) is 6.07 Å². The van der Waals surface area contributed by atoms with Crippen LogP contribution in [0.3, 0.4) is 0 Å². The van der Waals surface area contributed by atoms with Gasteiger partial charge in [0.1, 0.15) is 0 Å². The number of nitrogens with one attached hydrogen (secondary N) is 2. The van der Waals surface area contributed by atoms with Crippen LogP contribution in [0, 0.1) is 11.3 Å². The van der Waals surface area contributed by atoms with Crippen LogP contribution in [0.15, 0.2) is 52.9 Å². The van der Waals surface area contributed by atoms with Gasteiger partial charge in [0, 0.05) is 5.56 Å². The van der Waals surface area contributed by atoms with Crippen molar-refractivity contribution in [2.75, 3.05) is 5.75 Å². The molecule has 0 unspecified atom stereocenters. The van der Waals surface area contributed by atoms with E-state index in [0.717, 1.165) is 14.6 Å². The quantitative estimate of drug-likeness (QED) is 0.545. The molecule has 0 saturated heterocycles. The highest BCUT2D eigenvalue weighted by molar-refractivity contribution is 8.01. The van der Waals surface area contributed by atoms with Crippen LogP contribution in [0.4, 0.5) is 0 Å². The molecular formula is C17H12N4O2S2. The van der Waals surface area contributed by atoms with E-state index in [-0.39, 0.29) is 11.7 Å². The minimum absolute atomic E-state index is 0.146. The number of hydrogen-bond donors (Lipinski definition) is 2. The molecule has 0 atom stereocenters. The highest BCUT2D eigenvalue weighted by Gasteiger charge is 2.10. The topological polar surface area (TPSA) is 94.9 Å². The molecule has 3 aromatic rings. The summed E-state index contributed by atoms with van der Waals surface area (Å²) in [7, 11) is 0. The van der Waals surface area contributed by atoms with Crippen molar-refractivity contribution in [3.63, 3.8) is 0 Å². The fraction of sp³-hybridized carbons (Fsp3) is 0.0588. The zero-order valence-corrected chi connectivity index (χ0v) is 14.5. The number of amides is 2. The van der Waals surface area contributed by atoms with Crippen LogP contribution >= 0.6 is 23.1 Å². The number of carbonyl (C=O) groups is 2. The molecule has 0 aliphatic carbocycles. The average molecular weight is 368 g/mol. The van der Waals surface area contributed by atoms with Gasteiger partial charge in [0.2, 0.25) is 5.91 Å². The molecule has 2 amide bonds. The number of benzene rings is 2. The number of thioether (sulfide) groups is 1. The van der Waals surface area contributed by atoms with Gasteiger partial charge in [-0.25, -0.2) is 4.98 Å². The minimum atomic E-state index is -0.442. The Morgan fingerprint density at radius 3 is 2.60 bits per heavy atom. The smallest absolute Gasteiger partial charge is 0.269 e. The Balaban J connectivity index is 1.48. The second kappa shape index (κ2) is 7.79. The van der Waals surface area contributed by atoms with Crippen LogP contribution in [0.2, 0.25) is 0 Å². The maximum absolute atomic E-state index is 11.9. The first kappa shape index (κ1) is 17.0. The molecule has 2 aromatic carbocycles. The van der Waals surface area contributed by atoms with Crippen molar-refractivity contribution in [3.05, 3.63) is 59.7 Å². The van der Waals surface area contributed by atoms with E-state index in [1.54, 1.807) is 12.1 Å². The molecule has 124 valence electrons. The van der Waals surface area contributed by atoms with E-state index in [9.17, 15) is 9.59 Å². The van der Waals surface area contributed by atoms with Crippen LogP contribution in [-0.2, 0) is 4.79 Å². The Morgan fingerprint density at radius 1 is 1.12 bits per heavy atom. The second-order valence-electron chi connectivity index (χ2n) is 4.93. The molecule has 3 rings (SSSR count). The van der Waals surface area contributed by atoms with Crippen LogP contribution in [0.1, 0.15) is 15.9 Å². The lowest BCUT2D eigenvalue weighted by molar-refractivity contribution is -0.119. The van der Waals surface area contributed by atoms with Gasteiger partial charge in [-0.1, -0.05) is 23.9 Å². The third-order valence-corrected chi connectivity index (χ3v) is 5.37. The number of hydrogen-bond acceptors (Lipinski definition) is 6. The third-order valence-electron chi connectivity index (χ3n) is 3.19. The molecule has 0 aliphatic heterocycles. The van der Waals surface area contributed by atoms with Crippen LogP contribution in [0.25, 0.3) is 10.2 Å². The summed E-state index contributed by atoms with van der Waals surface area (Å²) in [5.41, 5.74) is 6.45. The minimum Gasteiger partial charge on any atom is -0.272 e. The van der Waals surface area contributed by atoms with Gasteiger partial charge in [0.25, 0.3) is 5.91 Å². The number of nitrogens with zero attached hydrogens (tertiary/aromatic N) is 2. The summed E-state index contributed by atoms with van der Waals surface area (Å²) in [5.74, 6) is -0.623. The normalized spacial score (nSPS) is 10.2. The number of rotatable bonds is 4. The summed E-state index contributed by atoms with van der Waals surface area (Å²) in [6, 6.07) is 15.9. The molecule has 0 spiro atoms. The Kier molecular flexibility index (Phi) is 5.28. The molecule has 0 aliphatic rings. The molecule has 1 heterocycles. The summed E-state index contributed by atoms with van der Waals surface area (Å²) < 4.78 is 1.87. The van der Waals surface area contributed by atoms with Crippen molar-refractivity contribution >= 4 is 45.1 Å². The average Bonchev–Trinajstić information content (AvgIpc) is 3.07. The lowest BCUT2D eigenvalue weighted by atomic mass is 10.1. The predicted octanol–water partition coefficient (Wildman–Crippen LogP) is 2.72. The van der Waals surface area contributed by atoms with Crippen LogP contribution in [0.5, 0.6) is 0 Å². The largest absolute Gasteiger partial charge is 0.272 e. The molecule has 8 heteroatoms. The number of hydrazine groups is 1. The molecule has 0 radical (unpaired) electrons. The molecule has 0 bridgehead atoms. The van der Waals surface area contributed by atoms with Gasteiger partial charge >= 0.3 is 0 Å². The number of fused-ring (bicyclic) bond motifs is 1. The Morgan fingerprint density at radius 2 is 1.88 bits per heavy atom. The zero-order valence-electron chi connectivity index (χ0n) is 12.9. The SMILES string of the molecule is N#Cc1ccc(C(=O)NNC(=O)CSc2nc3ccccc3s2)cc1. The van der Waals surface area contributed by atoms with Crippen molar-refractivity contribution in [1.29, 1.82) is 5.26 Å². The van der Waals surface area contributed by atoms with Gasteiger partial charge in [-0.05, 0) is 36.4 Å². The van der Waals surface area contributed by atoms with E-state index in [1.165, 1.54) is 35.2 Å². The highest BCUT2D eigenvalue weighted by atomic mass is 32.2. The van der Waals surface area contributed by atoms with Crippen molar-refractivity contribution in [2.45, 2.75) is 4.34 Å². The van der Waals surface area contributed by atoms with Crippen molar-refractivity contribution < 1.29 is 9.59 Å². The van der Waals surface area contributed by atoms with E-state index in [0.29, 0.717) is 11.1 Å². The molecular weight excluding hydrogens is 356 g/mol. The van der Waals surface area contributed by atoms with E-state index in [2.05, 4.69) is 15.8 Å². The number of aromatic nitrogens is 1. The van der Waals surface area contributed by atoms with E-state index in [4.69, 9.17) is 5.26 Å². The van der Waals surface area contributed by atoms with Gasteiger partial charge in [0.05, 0.1) is 27.6 Å². The molecule has 0 saturated carbocycles. The van der Waals surface area contributed by atoms with E-state index >= 15 is 0 Å². The molecule has 1 aromatic heterocycles. The van der Waals surface area contributed by atoms with Crippen LogP contribution < -0.4 is 10.9 Å². The molecule has 6 nitrogen and oxygen atoms in total. The van der Waals surface area contributed by atoms with Gasteiger partial charge in [0.15, 0.2) is 4.34 Å². The second-order valence-corrected chi connectivity index (χ2v) is 7.18. The number of carbonyl (C=O) groups excluding carboxylic acids is 2. The van der Waals surface area contributed by atoms with Gasteiger partial charge < -0.3 is 0 Å². The number of para-hydroxylation sites is 1. The Labute approximate surface area is 151 Å². The van der Waals surface area contributed by atoms with Gasteiger partial charge in [-0.2, -0.15) is 5.26 Å². The lowest BCUT2D eigenvalue weighted by Crippen LogP contribution is -2.42. The monoisotopic (exact) mass is 368 g/mol. The van der Waals surface area contributed by atoms with Crippen molar-refractivity contribution in [2.24, 2.45) is 0 Å². The van der Waals surface area contributed by atoms with E-state index in [1.807, 2.05) is 30.3 Å². The summed E-state index contributed by atoms with van der Waals surface area (Å²) in [6.07, 6.45) is 0. The number of nitriles is 1. The van der Waals surface area contributed by atoms with Gasteiger partial charge in [-0.15, -0.1) is 11.3 Å². The first-order valence-electron chi connectivity index (χ1n) is 7.23. The first-order valence-corrected chi connectivity index (χ1v) is 9.03. The Bertz CT molecular complexity index is 928. The summed E-state index contributed by atoms with van der Waals surface area (Å²) in [4.78, 5) is 28.2. The number of thiazole rings is 1. The summed E-state index contributed by atoms with van der Waals surface area (Å²) in [5, 5.41) is 8.73. The predicted molar refractivity (Wildman–Crippen MR) is 97.1 cm³/mol.